The Labute approximate surface area is 213 Å². The third kappa shape index (κ3) is 5.14. The summed E-state index contributed by atoms with van der Waals surface area (Å²) in [6.45, 7) is 2.85. The second kappa shape index (κ2) is 10.1. The number of rotatable bonds is 7. The summed E-state index contributed by atoms with van der Waals surface area (Å²) >= 11 is 0. The molecule has 0 atom stereocenters. The van der Waals surface area contributed by atoms with Crippen LogP contribution in [0.2, 0.25) is 0 Å². The maximum atomic E-state index is 12.4. The Balaban J connectivity index is 1.30. The lowest BCUT2D eigenvalue weighted by Crippen LogP contribution is -2.27. The Hall–Kier alpha value is -4.69. The number of H-pyrrole nitrogens is 1. The highest BCUT2D eigenvalue weighted by atomic mass is 16.5. The number of aromatic hydroxyl groups is 1. The first kappa shape index (κ1) is 24.0. The summed E-state index contributed by atoms with van der Waals surface area (Å²) < 4.78 is 4.77. The van der Waals surface area contributed by atoms with Crippen LogP contribution in [0.5, 0.6) is 5.88 Å². The van der Waals surface area contributed by atoms with Crippen molar-refractivity contribution < 1.29 is 19.4 Å². The van der Waals surface area contributed by atoms with E-state index in [2.05, 4.69) is 15.6 Å². The molecule has 0 saturated heterocycles. The summed E-state index contributed by atoms with van der Waals surface area (Å²) in [7, 11) is 1.32. The van der Waals surface area contributed by atoms with Crippen molar-refractivity contribution >= 4 is 39.4 Å². The van der Waals surface area contributed by atoms with Crippen LogP contribution in [-0.2, 0) is 16.1 Å². The average molecular weight is 495 g/mol. The molecule has 0 saturated carbocycles. The number of carbonyl (C=O) groups excluding carboxylic acids is 2. The number of hydrogen-bond acceptors (Lipinski definition) is 6. The van der Waals surface area contributed by atoms with Gasteiger partial charge < -0.3 is 25.5 Å². The SMILES string of the molecule is COC(=O)c1ccc2c(-c3ccc4cc(NC(=O)CNCc5ccc(C)cc5)ccc4n3)c(O)[nH]c2c1. The van der Waals surface area contributed by atoms with Crippen molar-refractivity contribution in [2.75, 3.05) is 19.0 Å². The minimum atomic E-state index is -0.452. The first-order valence-electron chi connectivity index (χ1n) is 11.8. The average Bonchev–Trinajstić information content (AvgIpc) is 3.23. The van der Waals surface area contributed by atoms with Gasteiger partial charge in [-0.1, -0.05) is 42.0 Å². The normalized spacial score (nSPS) is 11.1. The second-order valence-electron chi connectivity index (χ2n) is 8.84. The van der Waals surface area contributed by atoms with Crippen LogP contribution in [0, 0.1) is 6.92 Å². The number of anilines is 1. The quantitative estimate of drug-likeness (QED) is 0.239. The van der Waals surface area contributed by atoms with E-state index in [4.69, 9.17) is 9.72 Å². The van der Waals surface area contributed by atoms with Gasteiger partial charge in [-0.05, 0) is 48.9 Å². The largest absolute Gasteiger partial charge is 0.494 e. The molecule has 0 radical (unpaired) electrons. The molecular formula is C29H26N4O4. The molecule has 2 heterocycles. The third-order valence-electron chi connectivity index (χ3n) is 6.16. The number of pyridine rings is 1. The van der Waals surface area contributed by atoms with Gasteiger partial charge in [0.15, 0.2) is 5.88 Å². The van der Waals surface area contributed by atoms with Gasteiger partial charge in [-0.2, -0.15) is 0 Å². The number of amides is 1. The maximum absolute atomic E-state index is 12.4. The van der Waals surface area contributed by atoms with Gasteiger partial charge in [0, 0.05) is 28.5 Å². The van der Waals surface area contributed by atoms with Gasteiger partial charge in [0.1, 0.15) is 0 Å². The van der Waals surface area contributed by atoms with Gasteiger partial charge in [0.2, 0.25) is 5.91 Å². The van der Waals surface area contributed by atoms with Crippen LogP contribution < -0.4 is 10.6 Å². The van der Waals surface area contributed by atoms with E-state index in [9.17, 15) is 14.7 Å². The van der Waals surface area contributed by atoms with E-state index in [0.717, 1.165) is 16.3 Å². The predicted molar refractivity (Wildman–Crippen MR) is 144 cm³/mol. The molecule has 3 aromatic carbocycles. The molecule has 0 unspecified atom stereocenters. The molecule has 0 aliphatic carbocycles. The zero-order valence-corrected chi connectivity index (χ0v) is 20.5. The Morgan fingerprint density at radius 1 is 1.00 bits per heavy atom. The zero-order chi connectivity index (χ0) is 25.9. The van der Waals surface area contributed by atoms with E-state index < -0.39 is 5.97 Å². The van der Waals surface area contributed by atoms with Gasteiger partial charge >= 0.3 is 5.97 Å². The number of aromatic nitrogens is 2. The highest BCUT2D eigenvalue weighted by molar-refractivity contribution is 6.03. The van der Waals surface area contributed by atoms with E-state index in [0.29, 0.717) is 40.1 Å². The van der Waals surface area contributed by atoms with Crippen LogP contribution in [0.15, 0.2) is 72.8 Å². The number of carbonyl (C=O) groups is 2. The molecule has 186 valence electrons. The lowest BCUT2D eigenvalue weighted by molar-refractivity contribution is -0.115. The molecule has 0 bridgehead atoms. The second-order valence-corrected chi connectivity index (χ2v) is 8.84. The molecule has 5 aromatic rings. The van der Waals surface area contributed by atoms with Crippen molar-refractivity contribution in [1.82, 2.24) is 15.3 Å². The number of esters is 1. The molecule has 5 rings (SSSR count). The third-order valence-corrected chi connectivity index (χ3v) is 6.16. The molecule has 0 spiro atoms. The van der Waals surface area contributed by atoms with Crippen molar-refractivity contribution in [3.8, 4) is 17.1 Å². The Morgan fingerprint density at radius 3 is 2.59 bits per heavy atom. The zero-order valence-electron chi connectivity index (χ0n) is 20.5. The summed E-state index contributed by atoms with van der Waals surface area (Å²) in [5, 5.41) is 18.2. The number of nitrogens with zero attached hydrogens (tertiary/aromatic N) is 1. The van der Waals surface area contributed by atoms with Gasteiger partial charge in [0.25, 0.3) is 0 Å². The molecule has 0 aliphatic heterocycles. The Bertz CT molecular complexity index is 1620. The van der Waals surface area contributed by atoms with Crippen LogP contribution >= 0.6 is 0 Å². The van der Waals surface area contributed by atoms with E-state index in [-0.39, 0.29) is 18.3 Å². The number of nitrogens with one attached hydrogen (secondary N) is 3. The van der Waals surface area contributed by atoms with Crippen molar-refractivity contribution in [3.63, 3.8) is 0 Å². The van der Waals surface area contributed by atoms with Crippen molar-refractivity contribution in [3.05, 3.63) is 89.5 Å². The minimum absolute atomic E-state index is 0.0362. The van der Waals surface area contributed by atoms with Crippen LogP contribution in [0.25, 0.3) is 33.1 Å². The molecule has 0 fully saturated rings. The van der Waals surface area contributed by atoms with Crippen molar-refractivity contribution in [1.29, 1.82) is 0 Å². The van der Waals surface area contributed by atoms with E-state index in [1.165, 1.54) is 12.7 Å². The number of hydrogen-bond donors (Lipinski definition) is 4. The number of methoxy groups -OCH3 is 1. The van der Waals surface area contributed by atoms with E-state index in [1.54, 1.807) is 24.3 Å². The summed E-state index contributed by atoms with van der Waals surface area (Å²) in [5.41, 5.74) is 5.83. The number of fused-ring (bicyclic) bond motifs is 2. The summed E-state index contributed by atoms with van der Waals surface area (Å²) in [6.07, 6.45) is 0. The molecule has 2 aromatic heterocycles. The molecule has 8 nitrogen and oxygen atoms in total. The number of benzene rings is 3. The molecule has 1 amide bonds. The maximum Gasteiger partial charge on any atom is 0.337 e. The smallest absolute Gasteiger partial charge is 0.337 e. The van der Waals surface area contributed by atoms with Crippen LogP contribution in [0.4, 0.5) is 5.69 Å². The first-order chi connectivity index (χ1) is 17.9. The van der Waals surface area contributed by atoms with Crippen molar-refractivity contribution in [2.24, 2.45) is 0 Å². The summed E-state index contributed by atoms with van der Waals surface area (Å²) in [6, 6.07) is 22.4. The van der Waals surface area contributed by atoms with Gasteiger partial charge in [0.05, 0.1) is 36.0 Å². The fourth-order valence-corrected chi connectivity index (χ4v) is 4.26. The number of aromatic amines is 1. The van der Waals surface area contributed by atoms with Crippen LogP contribution in [0.1, 0.15) is 21.5 Å². The summed E-state index contributed by atoms with van der Waals surface area (Å²) in [5.74, 6) is -0.622. The molecular weight excluding hydrogens is 468 g/mol. The molecule has 4 N–H and O–H groups in total. The Morgan fingerprint density at radius 2 is 1.81 bits per heavy atom. The van der Waals surface area contributed by atoms with E-state index in [1.807, 2.05) is 55.5 Å². The highest BCUT2D eigenvalue weighted by Gasteiger charge is 2.17. The molecule has 0 aliphatic rings. The van der Waals surface area contributed by atoms with Crippen molar-refractivity contribution in [2.45, 2.75) is 13.5 Å². The van der Waals surface area contributed by atoms with Gasteiger partial charge in [-0.15, -0.1) is 0 Å². The predicted octanol–water partition coefficient (Wildman–Crippen LogP) is 4.91. The highest BCUT2D eigenvalue weighted by Crippen LogP contribution is 2.37. The van der Waals surface area contributed by atoms with Crippen LogP contribution in [0.3, 0.4) is 0 Å². The molecule has 8 heteroatoms. The lowest BCUT2D eigenvalue weighted by atomic mass is 10.1. The first-order valence-corrected chi connectivity index (χ1v) is 11.8. The van der Waals surface area contributed by atoms with Crippen LogP contribution in [-0.4, -0.2) is 40.6 Å². The standard InChI is InChI=1S/C29H26N4O4/c1-17-3-5-18(6-4-17)15-30-16-26(34)31-21-9-12-23-19(13-21)8-11-24(32-23)27-22-10-7-20(29(36)37-2)14-25(22)33-28(27)35/h3-14,30,33,35H,15-16H2,1-2H3,(H,31,34). The Kier molecular flexibility index (Phi) is 6.57. The van der Waals surface area contributed by atoms with E-state index >= 15 is 0 Å². The topological polar surface area (TPSA) is 116 Å². The number of ether oxygens (including phenoxy) is 1. The van der Waals surface area contributed by atoms with Gasteiger partial charge in [-0.25, -0.2) is 9.78 Å². The summed E-state index contributed by atoms with van der Waals surface area (Å²) in [4.78, 5) is 31.9. The fourth-order valence-electron chi connectivity index (χ4n) is 4.26. The van der Waals surface area contributed by atoms with Gasteiger partial charge in [-0.3, -0.25) is 4.79 Å². The lowest BCUT2D eigenvalue weighted by Gasteiger charge is -2.09. The minimum Gasteiger partial charge on any atom is -0.494 e. The number of aryl methyl sites for hydroxylation is 1. The monoisotopic (exact) mass is 494 g/mol. The fraction of sp³-hybridized carbons (Fsp3) is 0.138. The molecule has 37 heavy (non-hydrogen) atoms.